The van der Waals surface area contributed by atoms with Gasteiger partial charge in [-0.1, -0.05) is 6.92 Å². The van der Waals surface area contributed by atoms with Crippen LogP contribution in [0.2, 0.25) is 0 Å². The van der Waals surface area contributed by atoms with Crippen LogP contribution in [0.1, 0.15) is 26.7 Å². The van der Waals surface area contributed by atoms with Gasteiger partial charge in [-0.25, -0.2) is 0 Å². The van der Waals surface area contributed by atoms with E-state index < -0.39 is 0 Å². The third-order valence-electron chi connectivity index (χ3n) is 3.32. The molecular weight excluding hydrogens is 401 g/mol. The van der Waals surface area contributed by atoms with Crippen LogP contribution in [-0.4, -0.2) is 63.0 Å². The molecule has 5 nitrogen and oxygen atoms in total. The Kier molecular flexibility index (Phi) is 12.9. The van der Waals surface area contributed by atoms with Crippen LogP contribution in [0.3, 0.4) is 0 Å². The summed E-state index contributed by atoms with van der Waals surface area (Å²) in [4.78, 5) is 4.76. The fraction of sp³-hybridized carbons (Fsp3) is 0.929. The van der Waals surface area contributed by atoms with Crippen LogP contribution in [0.25, 0.3) is 0 Å². The van der Waals surface area contributed by atoms with Crippen molar-refractivity contribution in [1.29, 1.82) is 0 Å². The molecule has 0 bridgehead atoms. The van der Waals surface area contributed by atoms with E-state index in [-0.39, 0.29) is 28.7 Å². The zero-order valence-corrected chi connectivity index (χ0v) is 16.6. The standard InChI is InChI=1S/C14H29N3O2S.HI/c1-4-15-13(16-8-11-18-3)17-12-14(20-5-2)6-9-19-10-7-14;/h4-12H2,1-3H3,(H2,15,16,17);1H. The molecule has 0 amide bonds. The zero-order valence-electron chi connectivity index (χ0n) is 13.4. The second-order valence-corrected chi connectivity index (χ2v) is 6.58. The molecule has 21 heavy (non-hydrogen) atoms. The molecule has 0 saturated carbocycles. The first-order valence-corrected chi connectivity index (χ1v) is 8.47. The monoisotopic (exact) mass is 431 g/mol. The molecule has 7 heteroatoms. The number of nitrogens with zero attached hydrogens (tertiary/aromatic N) is 1. The average molecular weight is 431 g/mol. The summed E-state index contributed by atoms with van der Waals surface area (Å²) in [5.74, 6) is 2.01. The van der Waals surface area contributed by atoms with Crippen LogP contribution < -0.4 is 10.6 Å². The second kappa shape index (κ2) is 12.8. The Morgan fingerprint density at radius 1 is 1.29 bits per heavy atom. The molecular formula is C14H30IN3O2S. The summed E-state index contributed by atoms with van der Waals surface area (Å²) in [6.07, 6.45) is 2.18. The first kappa shape index (κ1) is 21.3. The van der Waals surface area contributed by atoms with E-state index in [0.717, 1.165) is 57.4 Å². The number of nitrogens with one attached hydrogen (secondary N) is 2. The van der Waals surface area contributed by atoms with Gasteiger partial charge in [0.25, 0.3) is 0 Å². The number of methoxy groups -OCH3 is 1. The van der Waals surface area contributed by atoms with Gasteiger partial charge < -0.3 is 20.1 Å². The van der Waals surface area contributed by atoms with Crippen molar-refractivity contribution in [3.05, 3.63) is 0 Å². The van der Waals surface area contributed by atoms with Crippen molar-refractivity contribution in [2.24, 2.45) is 4.99 Å². The van der Waals surface area contributed by atoms with Gasteiger partial charge in [0.2, 0.25) is 0 Å². The van der Waals surface area contributed by atoms with Crippen LogP contribution in [0, 0.1) is 0 Å². The predicted molar refractivity (Wildman–Crippen MR) is 102 cm³/mol. The summed E-state index contributed by atoms with van der Waals surface area (Å²) in [6.45, 7) is 9.19. The lowest BCUT2D eigenvalue weighted by molar-refractivity contribution is 0.0793. The van der Waals surface area contributed by atoms with Gasteiger partial charge in [0, 0.05) is 38.2 Å². The zero-order chi connectivity index (χ0) is 14.7. The van der Waals surface area contributed by atoms with E-state index >= 15 is 0 Å². The lowest BCUT2D eigenvalue weighted by Gasteiger charge is -2.35. The van der Waals surface area contributed by atoms with Crippen molar-refractivity contribution >= 4 is 41.7 Å². The van der Waals surface area contributed by atoms with Crippen LogP contribution in [0.5, 0.6) is 0 Å². The number of hydrogen-bond acceptors (Lipinski definition) is 4. The minimum absolute atomic E-state index is 0. The maximum atomic E-state index is 5.50. The number of guanidine groups is 1. The predicted octanol–water partition coefficient (Wildman–Crippen LogP) is 2.11. The normalized spacial score (nSPS) is 18.0. The van der Waals surface area contributed by atoms with Crippen molar-refractivity contribution in [1.82, 2.24) is 10.6 Å². The maximum absolute atomic E-state index is 5.50. The fourth-order valence-corrected chi connectivity index (χ4v) is 3.46. The molecule has 0 spiro atoms. The summed E-state index contributed by atoms with van der Waals surface area (Å²) in [5.41, 5.74) is 0. The van der Waals surface area contributed by atoms with Gasteiger partial charge in [0.1, 0.15) is 0 Å². The molecule has 0 atom stereocenters. The summed E-state index contributed by atoms with van der Waals surface area (Å²) >= 11 is 2.02. The molecule has 126 valence electrons. The number of ether oxygens (including phenoxy) is 2. The number of rotatable bonds is 8. The summed E-state index contributed by atoms with van der Waals surface area (Å²) < 4.78 is 10.8. The molecule has 1 fully saturated rings. The van der Waals surface area contributed by atoms with Crippen LogP contribution >= 0.6 is 35.7 Å². The van der Waals surface area contributed by atoms with Gasteiger partial charge in [0.15, 0.2) is 5.96 Å². The van der Waals surface area contributed by atoms with E-state index in [0.29, 0.717) is 6.61 Å². The van der Waals surface area contributed by atoms with E-state index in [1.54, 1.807) is 7.11 Å². The van der Waals surface area contributed by atoms with Gasteiger partial charge in [-0.3, -0.25) is 4.99 Å². The van der Waals surface area contributed by atoms with Crippen molar-refractivity contribution in [3.8, 4) is 0 Å². The summed E-state index contributed by atoms with van der Waals surface area (Å²) in [5, 5.41) is 6.58. The Balaban J connectivity index is 0.00000400. The smallest absolute Gasteiger partial charge is 0.191 e. The van der Waals surface area contributed by atoms with Gasteiger partial charge in [-0.15, -0.1) is 24.0 Å². The molecule has 1 aliphatic rings. The first-order chi connectivity index (χ1) is 9.76. The van der Waals surface area contributed by atoms with Gasteiger partial charge in [0.05, 0.1) is 13.2 Å². The van der Waals surface area contributed by atoms with Crippen LogP contribution in [-0.2, 0) is 9.47 Å². The molecule has 0 aromatic carbocycles. The van der Waals surface area contributed by atoms with E-state index in [1.165, 1.54) is 0 Å². The molecule has 0 radical (unpaired) electrons. The highest BCUT2D eigenvalue weighted by Crippen LogP contribution is 2.35. The third kappa shape index (κ3) is 8.47. The highest BCUT2D eigenvalue weighted by Gasteiger charge is 2.32. The van der Waals surface area contributed by atoms with Crippen molar-refractivity contribution < 1.29 is 9.47 Å². The lowest BCUT2D eigenvalue weighted by Crippen LogP contribution is -2.42. The molecule has 0 unspecified atom stereocenters. The summed E-state index contributed by atoms with van der Waals surface area (Å²) in [6, 6.07) is 0. The Labute approximate surface area is 150 Å². The Morgan fingerprint density at radius 2 is 2.00 bits per heavy atom. The largest absolute Gasteiger partial charge is 0.383 e. The Morgan fingerprint density at radius 3 is 2.57 bits per heavy atom. The topological polar surface area (TPSA) is 54.9 Å². The number of hydrogen-bond donors (Lipinski definition) is 2. The third-order valence-corrected chi connectivity index (χ3v) is 4.76. The average Bonchev–Trinajstić information content (AvgIpc) is 2.46. The van der Waals surface area contributed by atoms with Gasteiger partial charge in [-0.2, -0.15) is 11.8 Å². The molecule has 0 aliphatic carbocycles. The Hall–Kier alpha value is 0.270. The molecule has 1 saturated heterocycles. The summed E-state index contributed by atoms with van der Waals surface area (Å²) in [7, 11) is 1.71. The van der Waals surface area contributed by atoms with Crippen molar-refractivity contribution in [3.63, 3.8) is 0 Å². The number of thioether (sulfide) groups is 1. The van der Waals surface area contributed by atoms with E-state index in [2.05, 4.69) is 24.5 Å². The SMILES string of the molecule is CCNC(=NCC1(SCC)CCOCC1)NCCOC.I. The number of halogens is 1. The highest BCUT2D eigenvalue weighted by molar-refractivity contribution is 14.0. The minimum atomic E-state index is 0. The minimum Gasteiger partial charge on any atom is -0.383 e. The fourth-order valence-electron chi connectivity index (χ4n) is 2.23. The van der Waals surface area contributed by atoms with Crippen LogP contribution in [0.15, 0.2) is 4.99 Å². The van der Waals surface area contributed by atoms with Crippen molar-refractivity contribution in [2.75, 3.05) is 52.3 Å². The lowest BCUT2D eigenvalue weighted by atomic mass is 9.99. The molecule has 2 N–H and O–H groups in total. The molecule has 1 aliphatic heterocycles. The van der Waals surface area contributed by atoms with E-state index in [9.17, 15) is 0 Å². The quantitative estimate of drug-likeness (QED) is 0.267. The number of aliphatic imine (C=N–C) groups is 1. The van der Waals surface area contributed by atoms with Crippen molar-refractivity contribution in [2.45, 2.75) is 31.4 Å². The van der Waals surface area contributed by atoms with Crippen LogP contribution in [0.4, 0.5) is 0 Å². The second-order valence-electron chi connectivity index (χ2n) is 4.84. The first-order valence-electron chi connectivity index (χ1n) is 7.49. The van der Waals surface area contributed by atoms with Gasteiger partial charge >= 0.3 is 0 Å². The molecule has 0 aromatic heterocycles. The Bertz CT molecular complexity index is 282. The molecule has 1 rings (SSSR count). The molecule has 1 heterocycles. The van der Waals surface area contributed by atoms with E-state index in [1.807, 2.05) is 11.8 Å². The van der Waals surface area contributed by atoms with E-state index in [4.69, 9.17) is 14.5 Å². The maximum Gasteiger partial charge on any atom is 0.191 e. The van der Waals surface area contributed by atoms with Gasteiger partial charge in [-0.05, 0) is 25.5 Å². The molecule has 0 aromatic rings. The highest BCUT2D eigenvalue weighted by atomic mass is 127.